The summed E-state index contributed by atoms with van der Waals surface area (Å²) < 4.78 is 0. The first-order chi connectivity index (χ1) is 8.27. The normalized spacial score (nSPS) is 19.1. The van der Waals surface area contributed by atoms with Gasteiger partial charge in [-0.1, -0.05) is 6.42 Å². The molecular formula is C13H20N2O2. The number of carbonyl (C=O) groups is 1. The van der Waals surface area contributed by atoms with Gasteiger partial charge in [0.05, 0.1) is 5.92 Å². The average molecular weight is 236 g/mol. The van der Waals surface area contributed by atoms with Gasteiger partial charge in [-0.3, -0.25) is 4.79 Å². The molecule has 1 fully saturated rings. The Balaban J connectivity index is 1.88. The molecule has 0 radical (unpaired) electrons. The molecule has 17 heavy (non-hydrogen) atoms. The van der Waals surface area contributed by atoms with E-state index in [1.165, 1.54) is 19.3 Å². The maximum atomic E-state index is 11.2. The van der Waals surface area contributed by atoms with Gasteiger partial charge in [-0.25, -0.2) is 0 Å². The van der Waals surface area contributed by atoms with Gasteiger partial charge in [0.1, 0.15) is 0 Å². The number of nitrogens with zero attached hydrogens (tertiary/aromatic N) is 1. The first-order valence-corrected chi connectivity index (χ1v) is 6.35. The third kappa shape index (κ3) is 3.33. The summed E-state index contributed by atoms with van der Waals surface area (Å²) in [6, 6.07) is 1.86. The molecule has 4 heteroatoms. The smallest absolute Gasteiger partial charge is 0.311 e. The number of hydrogen-bond acceptors (Lipinski definition) is 2. The van der Waals surface area contributed by atoms with Crippen LogP contribution in [0.15, 0.2) is 18.5 Å². The Labute approximate surface area is 102 Å². The molecule has 1 aliphatic rings. The molecule has 1 aromatic rings. The van der Waals surface area contributed by atoms with Crippen molar-refractivity contribution in [2.75, 3.05) is 19.6 Å². The Kier molecular flexibility index (Phi) is 4.20. The standard InChI is InChI=1S/C13H20N2O2/c16-13(17)12(11-4-6-14-10-11)5-9-15-7-2-1-3-8-15/h4,6,10,12,14H,1-3,5,7-9H2,(H,16,17). The molecule has 2 heterocycles. The number of H-pyrrole nitrogens is 1. The molecule has 0 aliphatic carbocycles. The van der Waals surface area contributed by atoms with Crippen LogP contribution in [0, 0.1) is 0 Å². The molecule has 2 N–H and O–H groups in total. The third-order valence-corrected chi connectivity index (χ3v) is 3.51. The molecule has 4 nitrogen and oxygen atoms in total. The van der Waals surface area contributed by atoms with Crippen molar-refractivity contribution in [3.63, 3.8) is 0 Å². The zero-order valence-corrected chi connectivity index (χ0v) is 10.1. The lowest BCUT2D eigenvalue weighted by molar-refractivity contribution is -0.139. The molecule has 0 saturated carbocycles. The molecule has 1 saturated heterocycles. The molecule has 94 valence electrons. The summed E-state index contributed by atoms with van der Waals surface area (Å²) in [6.45, 7) is 3.14. The van der Waals surface area contributed by atoms with E-state index in [2.05, 4.69) is 9.88 Å². The second kappa shape index (κ2) is 5.87. The molecule has 0 aromatic carbocycles. The van der Waals surface area contributed by atoms with Gasteiger partial charge in [0, 0.05) is 12.4 Å². The summed E-state index contributed by atoms with van der Waals surface area (Å²) in [5, 5.41) is 9.24. The minimum absolute atomic E-state index is 0.372. The van der Waals surface area contributed by atoms with Crippen LogP contribution < -0.4 is 0 Å². The second-order valence-corrected chi connectivity index (χ2v) is 4.73. The maximum absolute atomic E-state index is 11.2. The molecule has 2 rings (SSSR count). The zero-order chi connectivity index (χ0) is 12.1. The second-order valence-electron chi connectivity index (χ2n) is 4.73. The maximum Gasteiger partial charge on any atom is 0.311 e. The number of aliphatic carboxylic acids is 1. The van der Waals surface area contributed by atoms with Crippen LogP contribution in [-0.4, -0.2) is 40.6 Å². The van der Waals surface area contributed by atoms with E-state index in [4.69, 9.17) is 0 Å². The highest BCUT2D eigenvalue weighted by Crippen LogP contribution is 2.21. The van der Waals surface area contributed by atoms with E-state index >= 15 is 0 Å². The molecule has 0 bridgehead atoms. The van der Waals surface area contributed by atoms with E-state index in [1.54, 1.807) is 12.4 Å². The van der Waals surface area contributed by atoms with Crippen molar-refractivity contribution in [3.05, 3.63) is 24.0 Å². The van der Waals surface area contributed by atoms with Crippen LogP contribution in [0.2, 0.25) is 0 Å². The lowest BCUT2D eigenvalue weighted by atomic mass is 9.98. The van der Waals surface area contributed by atoms with E-state index in [9.17, 15) is 9.90 Å². The van der Waals surface area contributed by atoms with Crippen molar-refractivity contribution in [3.8, 4) is 0 Å². The van der Waals surface area contributed by atoms with E-state index < -0.39 is 5.97 Å². The molecule has 1 atom stereocenters. The van der Waals surface area contributed by atoms with Gasteiger partial charge in [0.25, 0.3) is 0 Å². The summed E-state index contributed by atoms with van der Waals surface area (Å²) >= 11 is 0. The first kappa shape index (κ1) is 12.2. The fourth-order valence-electron chi connectivity index (χ4n) is 2.48. The summed E-state index contributed by atoms with van der Waals surface area (Å²) in [5.74, 6) is -1.09. The number of carboxylic acids is 1. The number of hydrogen-bond donors (Lipinski definition) is 2. The van der Waals surface area contributed by atoms with Crippen LogP contribution in [0.4, 0.5) is 0 Å². The summed E-state index contributed by atoms with van der Waals surface area (Å²) in [4.78, 5) is 16.5. The van der Waals surface area contributed by atoms with Crippen molar-refractivity contribution in [1.82, 2.24) is 9.88 Å². The number of rotatable bonds is 5. The van der Waals surface area contributed by atoms with Gasteiger partial charge >= 0.3 is 5.97 Å². The van der Waals surface area contributed by atoms with E-state index in [0.29, 0.717) is 6.42 Å². The predicted molar refractivity (Wildman–Crippen MR) is 66.1 cm³/mol. The van der Waals surface area contributed by atoms with Crippen molar-refractivity contribution < 1.29 is 9.90 Å². The van der Waals surface area contributed by atoms with Crippen molar-refractivity contribution in [2.45, 2.75) is 31.6 Å². The van der Waals surface area contributed by atoms with E-state index in [0.717, 1.165) is 25.2 Å². The first-order valence-electron chi connectivity index (χ1n) is 6.35. The third-order valence-electron chi connectivity index (χ3n) is 3.51. The lowest BCUT2D eigenvalue weighted by Crippen LogP contribution is -2.32. The average Bonchev–Trinajstić information content (AvgIpc) is 2.84. The van der Waals surface area contributed by atoms with Crippen LogP contribution in [0.25, 0.3) is 0 Å². The zero-order valence-electron chi connectivity index (χ0n) is 10.1. The summed E-state index contributed by atoms with van der Waals surface area (Å²) in [6.07, 6.45) is 8.09. The summed E-state index contributed by atoms with van der Waals surface area (Å²) in [5.41, 5.74) is 0.884. The Bertz CT molecular complexity index is 342. The number of piperidine rings is 1. The highest BCUT2D eigenvalue weighted by molar-refractivity contribution is 5.75. The van der Waals surface area contributed by atoms with E-state index in [1.807, 2.05) is 6.07 Å². The number of nitrogens with one attached hydrogen (secondary N) is 1. The van der Waals surface area contributed by atoms with Gasteiger partial charge in [-0.15, -0.1) is 0 Å². The fourth-order valence-corrected chi connectivity index (χ4v) is 2.48. The highest BCUT2D eigenvalue weighted by Gasteiger charge is 2.21. The van der Waals surface area contributed by atoms with Gasteiger partial charge < -0.3 is 15.0 Å². The van der Waals surface area contributed by atoms with Crippen molar-refractivity contribution >= 4 is 5.97 Å². The molecular weight excluding hydrogens is 216 g/mol. The molecule has 0 spiro atoms. The monoisotopic (exact) mass is 236 g/mol. The Morgan fingerprint density at radius 2 is 2.18 bits per heavy atom. The number of likely N-dealkylation sites (tertiary alicyclic amines) is 1. The van der Waals surface area contributed by atoms with Gasteiger partial charge in [0.2, 0.25) is 0 Å². The molecule has 1 unspecified atom stereocenters. The van der Waals surface area contributed by atoms with Gasteiger partial charge in [0.15, 0.2) is 0 Å². The van der Waals surface area contributed by atoms with Crippen LogP contribution in [-0.2, 0) is 4.79 Å². The quantitative estimate of drug-likeness (QED) is 0.822. The van der Waals surface area contributed by atoms with E-state index in [-0.39, 0.29) is 5.92 Å². The minimum atomic E-state index is -0.721. The van der Waals surface area contributed by atoms with Crippen LogP contribution in [0.3, 0.4) is 0 Å². The largest absolute Gasteiger partial charge is 0.481 e. The van der Waals surface area contributed by atoms with Crippen molar-refractivity contribution in [2.24, 2.45) is 0 Å². The topological polar surface area (TPSA) is 56.3 Å². The number of aromatic nitrogens is 1. The van der Waals surface area contributed by atoms with Crippen molar-refractivity contribution in [1.29, 1.82) is 0 Å². The minimum Gasteiger partial charge on any atom is -0.481 e. The Hall–Kier alpha value is -1.29. The van der Waals surface area contributed by atoms with Gasteiger partial charge in [-0.2, -0.15) is 0 Å². The van der Waals surface area contributed by atoms with Crippen LogP contribution >= 0.6 is 0 Å². The van der Waals surface area contributed by atoms with Crippen LogP contribution in [0.1, 0.15) is 37.2 Å². The molecule has 0 amide bonds. The predicted octanol–water partition coefficient (Wildman–Crippen LogP) is 2.06. The SMILES string of the molecule is O=C(O)C(CCN1CCCCC1)c1cc[nH]c1. The Morgan fingerprint density at radius 1 is 1.41 bits per heavy atom. The van der Waals surface area contributed by atoms with Gasteiger partial charge in [-0.05, 0) is 50.5 Å². The lowest BCUT2D eigenvalue weighted by Gasteiger charge is -2.27. The highest BCUT2D eigenvalue weighted by atomic mass is 16.4. The molecule has 1 aliphatic heterocycles. The molecule has 1 aromatic heterocycles. The fraction of sp³-hybridized carbons (Fsp3) is 0.615. The summed E-state index contributed by atoms with van der Waals surface area (Å²) in [7, 11) is 0. The number of carboxylic acid groups (broad SMARTS) is 1. The Morgan fingerprint density at radius 3 is 2.76 bits per heavy atom. The number of aromatic amines is 1. The van der Waals surface area contributed by atoms with Crippen LogP contribution in [0.5, 0.6) is 0 Å².